The molecule has 0 amide bonds. The summed E-state index contributed by atoms with van der Waals surface area (Å²) >= 11 is 11.8. The van der Waals surface area contributed by atoms with Gasteiger partial charge in [-0.05, 0) is 30.9 Å². The minimum absolute atomic E-state index is 0.0105. The number of carboxylic acids is 1. The fourth-order valence-corrected chi connectivity index (χ4v) is 4.40. The van der Waals surface area contributed by atoms with Crippen molar-refractivity contribution in [2.75, 3.05) is 13.1 Å². The Morgan fingerprint density at radius 1 is 1.30 bits per heavy atom. The lowest BCUT2D eigenvalue weighted by molar-refractivity contribution is -0.137. The maximum atomic E-state index is 12.6. The summed E-state index contributed by atoms with van der Waals surface area (Å²) in [5.74, 6) is -0.997. The van der Waals surface area contributed by atoms with Crippen molar-refractivity contribution in [1.82, 2.24) is 4.31 Å². The Kier molecular flexibility index (Phi) is 4.59. The highest BCUT2D eigenvalue weighted by atomic mass is 35.5. The Morgan fingerprint density at radius 3 is 2.30 bits per heavy atom. The molecule has 0 radical (unpaired) electrons. The number of hydrogen-bond donors (Lipinski definition) is 1. The van der Waals surface area contributed by atoms with Crippen LogP contribution in [-0.4, -0.2) is 36.9 Å². The minimum atomic E-state index is -4.02. The smallest absolute Gasteiger partial charge is 0.318 e. The molecule has 1 aromatic rings. The van der Waals surface area contributed by atoms with Gasteiger partial charge in [0.25, 0.3) is 0 Å². The van der Waals surface area contributed by atoms with Gasteiger partial charge in [-0.25, -0.2) is 8.42 Å². The van der Waals surface area contributed by atoms with Gasteiger partial charge in [0.15, 0.2) is 0 Å². The maximum absolute atomic E-state index is 12.6. The molecule has 0 heterocycles. The topological polar surface area (TPSA) is 74.7 Å². The second kappa shape index (κ2) is 5.89. The van der Waals surface area contributed by atoms with Gasteiger partial charge < -0.3 is 5.11 Å². The van der Waals surface area contributed by atoms with Crippen molar-refractivity contribution in [2.45, 2.75) is 17.7 Å². The molecule has 0 spiro atoms. The van der Waals surface area contributed by atoms with Crippen molar-refractivity contribution in [3.63, 3.8) is 0 Å². The van der Waals surface area contributed by atoms with Crippen LogP contribution in [0.3, 0.4) is 0 Å². The van der Waals surface area contributed by atoms with Gasteiger partial charge in [0.2, 0.25) is 10.0 Å². The minimum Gasteiger partial charge on any atom is -0.480 e. The highest BCUT2D eigenvalue weighted by Crippen LogP contribution is 2.35. The van der Waals surface area contributed by atoms with Crippen LogP contribution < -0.4 is 0 Å². The lowest BCUT2D eigenvalue weighted by Crippen LogP contribution is -2.37. The normalized spacial score (nSPS) is 15.6. The van der Waals surface area contributed by atoms with E-state index in [1.54, 1.807) is 0 Å². The summed E-state index contributed by atoms with van der Waals surface area (Å²) in [5, 5.41) is 8.87. The molecule has 1 aliphatic rings. The Labute approximate surface area is 127 Å². The lowest BCUT2D eigenvalue weighted by Gasteiger charge is -2.21. The molecule has 0 aromatic heterocycles. The average molecular weight is 338 g/mol. The first-order chi connectivity index (χ1) is 9.32. The predicted molar refractivity (Wildman–Crippen MR) is 75.6 cm³/mol. The summed E-state index contributed by atoms with van der Waals surface area (Å²) in [6, 6.07) is 4.36. The zero-order chi connectivity index (χ0) is 14.9. The molecule has 1 N–H and O–H groups in total. The van der Waals surface area contributed by atoms with Gasteiger partial charge in [0.1, 0.15) is 11.4 Å². The van der Waals surface area contributed by atoms with Crippen molar-refractivity contribution in [3.8, 4) is 0 Å². The van der Waals surface area contributed by atoms with Crippen LogP contribution in [0, 0.1) is 5.92 Å². The van der Waals surface area contributed by atoms with Crippen molar-refractivity contribution in [1.29, 1.82) is 0 Å². The second-order valence-corrected chi connectivity index (χ2v) is 7.37. The fourth-order valence-electron chi connectivity index (χ4n) is 1.84. The number of aliphatic carboxylic acids is 1. The fraction of sp³-hybridized carbons (Fsp3) is 0.417. The van der Waals surface area contributed by atoms with Gasteiger partial charge in [0, 0.05) is 6.54 Å². The monoisotopic (exact) mass is 337 g/mol. The van der Waals surface area contributed by atoms with E-state index in [-0.39, 0.29) is 27.4 Å². The van der Waals surface area contributed by atoms with Crippen LogP contribution >= 0.6 is 23.2 Å². The Balaban J connectivity index is 2.40. The van der Waals surface area contributed by atoms with E-state index < -0.39 is 22.5 Å². The summed E-state index contributed by atoms with van der Waals surface area (Å²) < 4.78 is 26.1. The molecule has 2 rings (SSSR count). The molecule has 1 saturated carbocycles. The number of sulfonamides is 1. The van der Waals surface area contributed by atoms with E-state index in [2.05, 4.69) is 0 Å². The molecule has 0 bridgehead atoms. The van der Waals surface area contributed by atoms with Crippen LogP contribution in [0.4, 0.5) is 0 Å². The van der Waals surface area contributed by atoms with E-state index in [0.717, 1.165) is 17.1 Å². The van der Waals surface area contributed by atoms with Gasteiger partial charge in [0.05, 0.1) is 10.0 Å². The SMILES string of the molecule is O=C(O)CN(CC1CC1)S(=O)(=O)c1c(Cl)cccc1Cl. The highest BCUT2D eigenvalue weighted by Gasteiger charge is 2.35. The van der Waals surface area contributed by atoms with Crippen LogP contribution in [0.1, 0.15) is 12.8 Å². The van der Waals surface area contributed by atoms with E-state index in [1.807, 2.05) is 0 Å². The number of carbonyl (C=O) groups is 1. The van der Waals surface area contributed by atoms with Crippen molar-refractivity contribution in [3.05, 3.63) is 28.2 Å². The third-order valence-corrected chi connectivity index (χ3v) is 5.75. The number of hydrogen-bond acceptors (Lipinski definition) is 3. The number of carboxylic acid groups (broad SMARTS) is 1. The molecule has 1 aromatic carbocycles. The summed E-state index contributed by atoms with van der Waals surface area (Å²) in [6.45, 7) is -0.420. The summed E-state index contributed by atoms with van der Waals surface area (Å²) in [6.07, 6.45) is 1.81. The third-order valence-electron chi connectivity index (χ3n) is 2.99. The third kappa shape index (κ3) is 3.44. The van der Waals surface area contributed by atoms with E-state index in [4.69, 9.17) is 28.3 Å². The molecule has 5 nitrogen and oxygen atoms in total. The van der Waals surface area contributed by atoms with E-state index in [9.17, 15) is 13.2 Å². The van der Waals surface area contributed by atoms with E-state index in [0.29, 0.717) is 0 Å². The molecule has 0 saturated heterocycles. The van der Waals surface area contributed by atoms with E-state index in [1.165, 1.54) is 18.2 Å². The summed E-state index contributed by atoms with van der Waals surface area (Å²) in [4.78, 5) is 10.7. The molecule has 1 aliphatic carbocycles. The summed E-state index contributed by atoms with van der Waals surface area (Å²) in [7, 11) is -4.02. The Hall–Kier alpha value is -0.820. The molecular formula is C12H13Cl2NO4S. The van der Waals surface area contributed by atoms with Gasteiger partial charge >= 0.3 is 5.97 Å². The van der Waals surface area contributed by atoms with Crippen LogP contribution in [0.2, 0.25) is 10.0 Å². The predicted octanol–water partition coefficient (Wildman–Crippen LogP) is 2.48. The number of benzene rings is 1. The lowest BCUT2D eigenvalue weighted by atomic mass is 10.4. The maximum Gasteiger partial charge on any atom is 0.318 e. The molecule has 1 fully saturated rings. The van der Waals surface area contributed by atoms with Crippen LogP contribution in [0.25, 0.3) is 0 Å². The first kappa shape index (κ1) is 15.6. The number of halogens is 2. The first-order valence-corrected chi connectivity index (χ1v) is 8.18. The average Bonchev–Trinajstić information content (AvgIpc) is 3.10. The molecular weight excluding hydrogens is 325 g/mol. The van der Waals surface area contributed by atoms with Gasteiger partial charge in [-0.3, -0.25) is 4.79 Å². The standard InChI is InChI=1S/C12H13Cl2NO4S/c13-9-2-1-3-10(14)12(9)20(18,19)15(7-11(16)17)6-8-4-5-8/h1-3,8H,4-7H2,(H,16,17). The molecule has 20 heavy (non-hydrogen) atoms. The zero-order valence-corrected chi connectivity index (χ0v) is 12.7. The zero-order valence-electron chi connectivity index (χ0n) is 10.4. The van der Waals surface area contributed by atoms with Gasteiger partial charge in [-0.15, -0.1) is 0 Å². The van der Waals surface area contributed by atoms with Crippen LogP contribution in [-0.2, 0) is 14.8 Å². The van der Waals surface area contributed by atoms with Gasteiger partial charge in [-0.2, -0.15) is 4.31 Å². The van der Waals surface area contributed by atoms with Crippen LogP contribution in [0.5, 0.6) is 0 Å². The molecule has 8 heteroatoms. The Morgan fingerprint density at radius 2 is 1.85 bits per heavy atom. The van der Waals surface area contributed by atoms with Crippen molar-refractivity contribution >= 4 is 39.2 Å². The van der Waals surface area contributed by atoms with Gasteiger partial charge in [-0.1, -0.05) is 29.3 Å². The highest BCUT2D eigenvalue weighted by molar-refractivity contribution is 7.89. The molecule has 0 atom stereocenters. The van der Waals surface area contributed by atoms with Crippen LogP contribution in [0.15, 0.2) is 23.1 Å². The van der Waals surface area contributed by atoms with E-state index >= 15 is 0 Å². The molecule has 0 unspecified atom stereocenters. The van der Waals surface area contributed by atoms with Crippen molar-refractivity contribution < 1.29 is 18.3 Å². The summed E-state index contributed by atoms with van der Waals surface area (Å²) in [5.41, 5.74) is 0. The molecule has 110 valence electrons. The second-order valence-electron chi connectivity index (χ2n) is 4.69. The Bertz CT molecular complexity index is 608. The quantitative estimate of drug-likeness (QED) is 0.865. The molecule has 0 aliphatic heterocycles. The number of rotatable bonds is 6. The number of nitrogens with zero attached hydrogens (tertiary/aromatic N) is 1. The first-order valence-electron chi connectivity index (χ1n) is 5.98. The van der Waals surface area contributed by atoms with Crippen molar-refractivity contribution in [2.24, 2.45) is 5.92 Å². The largest absolute Gasteiger partial charge is 0.480 e.